The molecule has 3 aromatic rings. The molecule has 2 aromatic carbocycles. The van der Waals surface area contributed by atoms with Crippen LogP contribution in [0, 0.1) is 6.92 Å². The molecule has 0 bridgehead atoms. The Bertz CT molecular complexity index is 1230. The maximum Gasteiger partial charge on any atom is 0.294 e. The Balaban J connectivity index is 1.57. The molecule has 178 valence electrons. The quantitative estimate of drug-likeness (QED) is 0.525. The Morgan fingerprint density at radius 2 is 2.06 bits per heavy atom. The van der Waals surface area contributed by atoms with Crippen LogP contribution in [0.15, 0.2) is 53.5 Å². The van der Waals surface area contributed by atoms with Crippen molar-refractivity contribution >= 4 is 17.3 Å². The number of hydrogen-bond donors (Lipinski definition) is 2. The Labute approximate surface area is 197 Å². The predicted molar refractivity (Wildman–Crippen MR) is 128 cm³/mol. The summed E-state index contributed by atoms with van der Waals surface area (Å²) in [7, 11) is 3.11. The van der Waals surface area contributed by atoms with Crippen molar-refractivity contribution in [3.8, 4) is 17.2 Å². The highest BCUT2D eigenvalue weighted by Gasteiger charge is 2.18. The van der Waals surface area contributed by atoms with Crippen LogP contribution in [0.1, 0.15) is 28.8 Å². The Kier molecular flexibility index (Phi) is 7.12. The molecule has 2 N–H and O–H groups in total. The van der Waals surface area contributed by atoms with Gasteiger partial charge in [0.1, 0.15) is 0 Å². The molecule has 0 aliphatic carbocycles. The minimum atomic E-state index is -0.378. The highest BCUT2D eigenvalue weighted by atomic mass is 16.5. The number of amides is 1. The van der Waals surface area contributed by atoms with Gasteiger partial charge >= 0.3 is 0 Å². The van der Waals surface area contributed by atoms with Crippen LogP contribution < -0.4 is 25.7 Å². The van der Waals surface area contributed by atoms with E-state index in [9.17, 15) is 9.59 Å². The monoisotopic (exact) mass is 464 g/mol. The number of anilines is 2. The van der Waals surface area contributed by atoms with E-state index in [1.807, 2.05) is 19.1 Å². The summed E-state index contributed by atoms with van der Waals surface area (Å²) >= 11 is 0. The van der Waals surface area contributed by atoms with Crippen molar-refractivity contribution in [2.24, 2.45) is 7.05 Å². The zero-order valence-electron chi connectivity index (χ0n) is 19.5. The molecule has 1 aliphatic heterocycles. The van der Waals surface area contributed by atoms with E-state index in [-0.39, 0.29) is 29.0 Å². The summed E-state index contributed by atoms with van der Waals surface area (Å²) in [4.78, 5) is 25.5. The van der Waals surface area contributed by atoms with Crippen LogP contribution in [0.3, 0.4) is 0 Å². The maximum atomic E-state index is 12.9. The molecular weight excluding hydrogens is 436 g/mol. The van der Waals surface area contributed by atoms with Gasteiger partial charge in [0.15, 0.2) is 22.9 Å². The van der Waals surface area contributed by atoms with Crippen LogP contribution >= 0.6 is 0 Å². The molecule has 0 saturated carbocycles. The number of hydrogen-bond acceptors (Lipinski definition) is 7. The third kappa shape index (κ3) is 5.37. The van der Waals surface area contributed by atoms with Gasteiger partial charge in [0.25, 0.3) is 11.5 Å². The highest BCUT2D eigenvalue weighted by molar-refractivity contribution is 5.95. The molecule has 9 heteroatoms. The second-order valence-corrected chi connectivity index (χ2v) is 8.12. The van der Waals surface area contributed by atoms with Crippen molar-refractivity contribution in [3.63, 3.8) is 0 Å². The second-order valence-electron chi connectivity index (χ2n) is 8.12. The number of rotatable bonds is 8. The smallest absolute Gasteiger partial charge is 0.294 e. The first-order valence-corrected chi connectivity index (χ1v) is 11.1. The van der Waals surface area contributed by atoms with Gasteiger partial charge in [-0.05, 0) is 55.7 Å². The number of benzene rings is 2. The number of nitrogens with zero attached hydrogens (tertiary/aromatic N) is 2. The Morgan fingerprint density at radius 3 is 2.82 bits per heavy atom. The summed E-state index contributed by atoms with van der Waals surface area (Å²) in [6, 6.07) is 12.4. The first-order valence-electron chi connectivity index (χ1n) is 11.1. The van der Waals surface area contributed by atoms with Crippen molar-refractivity contribution in [2.75, 3.05) is 25.6 Å². The van der Waals surface area contributed by atoms with Crippen molar-refractivity contribution in [2.45, 2.75) is 25.9 Å². The van der Waals surface area contributed by atoms with E-state index in [1.54, 1.807) is 44.5 Å². The summed E-state index contributed by atoms with van der Waals surface area (Å²) in [5.41, 5.74) is 1.86. The zero-order chi connectivity index (χ0) is 24.1. The fourth-order valence-corrected chi connectivity index (χ4v) is 3.69. The molecule has 34 heavy (non-hydrogen) atoms. The number of aromatic nitrogens is 2. The lowest BCUT2D eigenvalue weighted by atomic mass is 10.1. The van der Waals surface area contributed by atoms with E-state index in [0.717, 1.165) is 25.0 Å². The standard InChI is InChI=1S/C25H28N4O5/c1-16-9-10-20(21(12-16)32-3)34-22-15-27-29(2)25(31)23(22)28-18-7-4-6-17(13-18)24(30)26-14-19-8-5-11-33-19/h4,6-7,9-10,12-13,15,19,28H,5,8,11,14H2,1-3H3,(H,26,30). The van der Waals surface area contributed by atoms with Gasteiger partial charge in [-0.2, -0.15) is 5.10 Å². The molecule has 1 aliphatic rings. The van der Waals surface area contributed by atoms with Gasteiger partial charge in [-0.3, -0.25) is 9.59 Å². The predicted octanol–water partition coefficient (Wildman–Crippen LogP) is 3.54. The number of methoxy groups -OCH3 is 1. The first-order chi connectivity index (χ1) is 16.4. The fourth-order valence-electron chi connectivity index (χ4n) is 3.69. The third-order valence-electron chi connectivity index (χ3n) is 5.55. The number of carbonyl (C=O) groups is 1. The number of carbonyl (C=O) groups excluding carboxylic acids is 1. The lowest BCUT2D eigenvalue weighted by Crippen LogP contribution is -2.31. The van der Waals surface area contributed by atoms with Crippen LogP contribution in [0.4, 0.5) is 11.4 Å². The van der Waals surface area contributed by atoms with Crippen molar-refractivity contribution in [1.29, 1.82) is 0 Å². The summed E-state index contributed by atoms with van der Waals surface area (Å²) in [6.07, 6.45) is 3.48. The van der Waals surface area contributed by atoms with Crippen LogP contribution in [0.2, 0.25) is 0 Å². The molecular formula is C25H28N4O5. The topological polar surface area (TPSA) is 104 Å². The summed E-state index contributed by atoms with van der Waals surface area (Å²) in [6.45, 7) is 3.15. The first kappa shape index (κ1) is 23.3. The van der Waals surface area contributed by atoms with E-state index in [2.05, 4.69) is 15.7 Å². The van der Waals surface area contributed by atoms with Gasteiger partial charge in [-0.25, -0.2) is 4.68 Å². The van der Waals surface area contributed by atoms with Gasteiger partial charge in [0.2, 0.25) is 0 Å². The second kappa shape index (κ2) is 10.4. The molecule has 1 unspecified atom stereocenters. The van der Waals surface area contributed by atoms with Crippen molar-refractivity contribution in [3.05, 3.63) is 70.1 Å². The van der Waals surface area contributed by atoms with Gasteiger partial charge in [0, 0.05) is 31.5 Å². The third-order valence-corrected chi connectivity index (χ3v) is 5.55. The van der Waals surface area contributed by atoms with Crippen LogP contribution in [-0.4, -0.2) is 42.1 Å². The summed E-state index contributed by atoms with van der Waals surface area (Å²) in [5.74, 6) is 1.02. The van der Waals surface area contributed by atoms with Gasteiger partial charge in [0.05, 0.1) is 19.4 Å². The number of aryl methyl sites for hydroxylation is 2. The lowest BCUT2D eigenvalue weighted by Gasteiger charge is -2.15. The molecule has 2 heterocycles. The van der Waals surface area contributed by atoms with E-state index in [4.69, 9.17) is 14.2 Å². The lowest BCUT2D eigenvalue weighted by molar-refractivity contribution is 0.0858. The maximum absolute atomic E-state index is 12.9. The van der Waals surface area contributed by atoms with E-state index < -0.39 is 0 Å². The summed E-state index contributed by atoms with van der Waals surface area (Å²) in [5, 5.41) is 10.1. The number of nitrogens with one attached hydrogen (secondary N) is 2. The SMILES string of the molecule is COc1cc(C)ccc1Oc1cnn(C)c(=O)c1Nc1cccc(C(=O)NCC2CCCO2)c1. The minimum absolute atomic E-state index is 0.0589. The highest BCUT2D eigenvalue weighted by Crippen LogP contribution is 2.35. The molecule has 9 nitrogen and oxygen atoms in total. The molecule has 1 aromatic heterocycles. The van der Waals surface area contributed by atoms with Crippen LogP contribution in [-0.2, 0) is 11.8 Å². The fraction of sp³-hybridized carbons (Fsp3) is 0.320. The van der Waals surface area contributed by atoms with Gasteiger partial charge < -0.3 is 24.8 Å². The Hall–Kier alpha value is -3.85. The zero-order valence-corrected chi connectivity index (χ0v) is 19.5. The van der Waals surface area contributed by atoms with E-state index >= 15 is 0 Å². The Morgan fingerprint density at radius 1 is 1.21 bits per heavy atom. The van der Waals surface area contributed by atoms with Gasteiger partial charge in [-0.1, -0.05) is 12.1 Å². The largest absolute Gasteiger partial charge is 0.493 e. The van der Waals surface area contributed by atoms with E-state index in [1.165, 1.54) is 10.9 Å². The normalized spacial score (nSPS) is 15.1. The molecule has 4 rings (SSSR count). The number of ether oxygens (including phenoxy) is 3. The minimum Gasteiger partial charge on any atom is -0.493 e. The van der Waals surface area contributed by atoms with E-state index in [0.29, 0.717) is 29.3 Å². The average Bonchev–Trinajstić information content (AvgIpc) is 3.37. The van der Waals surface area contributed by atoms with Crippen LogP contribution in [0.5, 0.6) is 17.2 Å². The molecule has 0 radical (unpaired) electrons. The van der Waals surface area contributed by atoms with Crippen molar-refractivity contribution < 1.29 is 19.0 Å². The van der Waals surface area contributed by atoms with Crippen molar-refractivity contribution in [1.82, 2.24) is 15.1 Å². The van der Waals surface area contributed by atoms with Gasteiger partial charge in [-0.15, -0.1) is 0 Å². The molecule has 1 atom stereocenters. The summed E-state index contributed by atoms with van der Waals surface area (Å²) < 4.78 is 18.2. The molecule has 1 fully saturated rings. The molecule has 0 spiro atoms. The molecule has 1 saturated heterocycles. The average molecular weight is 465 g/mol. The molecule has 1 amide bonds. The van der Waals surface area contributed by atoms with Crippen LogP contribution in [0.25, 0.3) is 0 Å².